The lowest BCUT2D eigenvalue weighted by molar-refractivity contribution is 0.122. The molecular weight excluding hydrogens is 336 g/mol. The van der Waals surface area contributed by atoms with Crippen LogP contribution in [0.2, 0.25) is 0 Å². The molecule has 1 aliphatic heterocycles. The Morgan fingerprint density at radius 2 is 1.85 bits per heavy atom. The molecule has 0 radical (unpaired) electrons. The van der Waals surface area contributed by atoms with Crippen molar-refractivity contribution in [1.82, 2.24) is 0 Å². The van der Waals surface area contributed by atoms with Gasteiger partial charge in [-0.3, -0.25) is 0 Å². The summed E-state index contributed by atoms with van der Waals surface area (Å²) in [5, 5.41) is 3.45. The summed E-state index contributed by atoms with van der Waals surface area (Å²) in [4.78, 5) is 3.69. The minimum atomic E-state index is 0.827. The number of hydrogen-bond donors (Lipinski definition) is 1. The van der Waals surface area contributed by atoms with Crippen molar-refractivity contribution < 1.29 is 4.74 Å². The Morgan fingerprint density at radius 1 is 1.10 bits per heavy atom. The summed E-state index contributed by atoms with van der Waals surface area (Å²) in [6, 6.07) is 12.9. The molecule has 3 nitrogen and oxygen atoms in total. The molecule has 3 rings (SSSR count). The van der Waals surface area contributed by atoms with E-state index in [1.165, 1.54) is 14.4 Å². The molecule has 0 unspecified atom stereocenters. The number of rotatable bonds is 4. The van der Waals surface area contributed by atoms with E-state index in [-0.39, 0.29) is 0 Å². The van der Waals surface area contributed by atoms with Gasteiger partial charge in [0.2, 0.25) is 0 Å². The maximum absolute atomic E-state index is 5.38. The number of hydrogen-bond acceptors (Lipinski definition) is 4. The van der Waals surface area contributed by atoms with Crippen molar-refractivity contribution in [3.8, 4) is 0 Å². The van der Waals surface area contributed by atoms with E-state index in [9.17, 15) is 0 Å². The standard InChI is InChI=1S/C15H17BrN2OS/c16-15-6-5-14(20-15)11-17-12-1-3-13(4-2-12)18-7-9-19-10-8-18/h1-6,17H,7-11H2. The Bertz CT molecular complexity index is 549. The summed E-state index contributed by atoms with van der Waals surface area (Å²) in [6.45, 7) is 4.49. The topological polar surface area (TPSA) is 24.5 Å². The first-order chi connectivity index (χ1) is 9.81. The zero-order chi connectivity index (χ0) is 13.8. The Labute approximate surface area is 131 Å². The third-order valence-electron chi connectivity index (χ3n) is 3.34. The molecule has 0 amide bonds. The second-order valence-corrected chi connectivity index (χ2v) is 7.25. The fourth-order valence-corrected chi connectivity index (χ4v) is 3.67. The smallest absolute Gasteiger partial charge is 0.0702 e. The highest BCUT2D eigenvalue weighted by atomic mass is 79.9. The van der Waals surface area contributed by atoms with Crippen LogP contribution in [0.5, 0.6) is 0 Å². The largest absolute Gasteiger partial charge is 0.380 e. The van der Waals surface area contributed by atoms with Gasteiger partial charge in [0, 0.05) is 35.9 Å². The zero-order valence-electron chi connectivity index (χ0n) is 11.1. The zero-order valence-corrected chi connectivity index (χ0v) is 13.5. The number of thiophene rings is 1. The SMILES string of the molecule is Brc1ccc(CNc2ccc(N3CCOCC3)cc2)s1. The van der Waals surface area contributed by atoms with Crippen LogP contribution in [-0.2, 0) is 11.3 Å². The number of nitrogens with zero attached hydrogens (tertiary/aromatic N) is 1. The summed E-state index contributed by atoms with van der Waals surface area (Å²) in [5.41, 5.74) is 2.43. The monoisotopic (exact) mass is 352 g/mol. The average molecular weight is 353 g/mol. The molecule has 1 aliphatic rings. The van der Waals surface area contributed by atoms with Crippen LogP contribution in [0.1, 0.15) is 4.88 Å². The van der Waals surface area contributed by atoms with Gasteiger partial charge in [-0.25, -0.2) is 0 Å². The lowest BCUT2D eigenvalue weighted by Gasteiger charge is -2.28. The number of ether oxygens (including phenoxy) is 1. The molecule has 0 spiro atoms. The molecule has 0 atom stereocenters. The average Bonchev–Trinajstić information content (AvgIpc) is 2.92. The van der Waals surface area contributed by atoms with E-state index in [0.717, 1.165) is 38.5 Å². The molecule has 106 valence electrons. The summed E-state index contributed by atoms with van der Waals surface area (Å²) in [5.74, 6) is 0. The lowest BCUT2D eigenvalue weighted by atomic mass is 10.2. The van der Waals surface area contributed by atoms with Gasteiger partial charge < -0.3 is 15.0 Å². The van der Waals surface area contributed by atoms with Crippen molar-refractivity contribution >= 4 is 38.6 Å². The molecule has 1 fully saturated rings. The summed E-state index contributed by atoms with van der Waals surface area (Å²) < 4.78 is 6.56. The minimum absolute atomic E-state index is 0.827. The van der Waals surface area contributed by atoms with Crippen molar-refractivity contribution in [1.29, 1.82) is 0 Å². The first-order valence-electron chi connectivity index (χ1n) is 6.72. The van der Waals surface area contributed by atoms with Crippen molar-refractivity contribution in [2.75, 3.05) is 36.5 Å². The second-order valence-electron chi connectivity index (χ2n) is 4.71. The molecule has 0 aliphatic carbocycles. The molecule has 2 aromatic rings. The molecule has 1 N–H and O–H groups in total. The quantitative estimate of drug-likeness (QED) is 0.901. The van der Waals surface area contributed by atoms with Crippen LogP contribution >= 0.6 is 27.3 Å². The Kier molecular flexibility index (Phi) is 4.60. The summed E-state index contributed by atoms with van der Waals surface area (Å²) in [6.07, 6.45) is 0. The van der Waals surface area contributed by atoms with Crippen LogP contribution in [0.25, 0.3) is 0 Å². The van der Waals surface area contributed by atoms with Crippen LogP contribution < -0.4 is 10.2 Å². The number of anilines is 2. The van der Waals surface area contributed by atoms with E-state index >= 15 is 0 Å². The number of halogens is 1. The third-order valence-corrected chi connectivity index (χ3v) is 4.96. The molecule has 5 heteroatoms. The molecule has 1 saturated heterocycles. The van der Waals surface area contributed by atoms with Gasteiger partial charge in [0.25, 0.3) is 0 Å². The second kappa shape index (κ2) is 6.61. The first-order valence-corrected chi connectivity index (χ1v) is 8.33. The molecule has 0 saturated carbocycles. The number of morpholine rings is 1. The van der Waals surface area contributed by atoms with Crippen molar-refractivity contribution in [2.45, 2.75) is 6.54 Å². The Balaban J connectivity index is 1.58. The van der Waals surface area contributed by atoms with Gasteiger partial charge >= 0.3 is 0 Å². The molecule has 1 aromatic heterocycles. The Hall–Kier alpha value is -1.04. The highest BCUT2D eigenvalue weighted by Crippen LogP contribution is 2.24. The maximum atomic E-state index is 5.38. The normalized spacial score (nSPS) is 15.3. The van der Waals surface area contributed by atoms with E-state index in [1.807, 2.05) is 0 Å². The van der Waals surface area contributed by atoms with Crippen LogP contribution in [0.15, 0.2) is 40.2 Å². The fourth-order valence-electron chi connectivity index (χ4n) is 2.25. The van der Waals surface area contributed by atoms with Crippen molar-refractivity contribution in [2.24, 2.45) is 0 Å². The van der Waals surface area contributed by atoms with E-state index in [2.05, 4.69) is 62.5 Å². The van der Waals surface area contributed by atoms with Gasteiger partial charge in [-0.15, -0.1) is 11.3 Å². The third kappa shape index (κ3) is 3.53. The van der Waals surface area contributed by atoms with Crippen LogP contribution in [-0.4, -0.2) is 26.3 Å². The van der Waals surface area contributed by atoms with Crippen LogP contribution in [0.3, 0.4) is 0 Å². The highest BCUT2D eigenvalue weighted by molar-refractivity contribution is 9.11. The molecule has 2 heterocycles. The van der Waals surface area contributed by atoms with Crippen molar-refractivity contribution in [3.63, 3.8) is 0 Å². The number of nitrogens with one attached hydrogen (secondary N) is 1. The minimum Gasteiger partial charge on any atom is -0.380 e. The van der Waals surface area contributed by atoms with Crippen LogP contribution in [0.4, 0.5) is 11.4 Å². The lowest BCUT2D eigenvalue weighted by Crippen LogP contribution is -2.36. The van der Waals surface area contributed by atoms with Crippen molar-refractivity contribution in [3.05, 3.63) is 45.1 Å². The van der Waals surface area contributed by atoms with Gasteiger partial charge in [0.15, 0.2) is 0 Å². The van der Waals surface area contributed by atoms with Gasteiger partial charge in [-0.1, -0.05) is 0 Å². The number of benzene rings is 1. The maximum Gasteiger partial charge on any atom is 0.0702 e. The predicted molar refractivity (Wildman–Crippen MR) is 88.8 cm³/mol. The molecule has 20 heavy (non-hydrogen) atoms. The van der Waals surface area contributed by atoms with Gasteiger partial charge in [0.1, 0.15) is 0 Å². The van der Waals surface area contributed by atoms with Crippen LogP contribution in [0, 0.1) is 0 Å². The van der Waals surface area contributed by atoms with E-state index < -0.39 is 0 Å². The van der Waals surface area contributed by atoms with E-state index in [4.69, 9.17) is 4.74 Å². The Morgan fingerprint density at radius 3 is 2.50 bits per heavy atom. The van der Waals surface area contributed by atoms with Gasteiger partial charge in [-0.2, -0.15) is 0 Å². The molecule has 1 aromatic carbocycles. The predicted octanol–water partition coefficient (Wildman–Crippen LogP) is 3.96. The van der Waals surface area contributed by atoms with Gasteiger partial charge in [-0.05, 0) is 52.3 Å². The first kappa shape index (κ1) is 13.9. The summed E-state index contributed by atoms with van der Waals surface area (Å²) in [7, 11) is 0. The highest BCUT2D eigenvalue weighted by Gasteiger charge is 2.10. The fraction of sp³-hybridized carbons (Fsp3) is 0.333. The van der Waals surface area contributed by atoms with E-state index in [0.29, 0.717) is 0 Å². The van der Waals surface area contributed by atoms with E-state index in [1.54, 1.807) is 11.3 Å². The molecule has 0 bridgehead atoms. The van der Waals surface area contributed by atoms with Gasteiger partial charge in [0.05, 0.1) is 17.0 Å². The summed E-state index contributed by atoms with van der Waals surface area (Å²) >= 11 is 5.25. The molecular formula is C15H17BrN2OS.